The van der Waals surface area contributed by atoms with Crippen molar-refractivity contribution in [2.75, 3.05) is 13.1 Å². The summed E-state index contributed by atoms with van der Waals surface area (Å²) in [4.78, 5) is 14.0. The molecule has 0 radical (unpaired) electrons. The Hall–Kier alpha value is -2.96. The van der Waals surface area contributed by atoms with E-state index in [1.54, 1.807) is 0 Å². The summed E-state index contributed by atoms with van der Waals surface area (Å²) in [5, 5.41) is 12.7. The predicted octanol–water partition coefficient (Wildman–Crippen LogP) is 3.63. The molecule has 1 fully saturated rings. The van der Waals surface area contributed by atoms with E-state index in [-0.39, 0.29) is 29.9 Å². The molecule has 0 spiro atoms. The van der Waals surface area contributed by atoms with Crippen LogP contribution in [0, 0.1) is 11.3 Å². The van der Waals surface area contributed by atoms with E-state index < -0.39 is 36.5 Å². The fourth-order valence-electron chi connectivity index (χ4n) is 2.85. The minimum Gasteiger partial charge on any atom is -0.338 e. The molecule has 2 heterocycles. The summed E-state index contributed by atoms with van der Waals surface area (Å²) < 4.78 is 66.0. The first-order valence-corrected chi connectivity index (χ1v) is 7.96. The van der Waals surface area contributed by atoms with Gasteiger partial charge in [-0.05, 0) is 18.2 Å². The molecular formula is C17H13F5N4O. The van der Waals surface area contributed by atoms with E-state index in [0.29, 0.717) is 0 Å². The molecule has 142 valence electrons. The number of hydrogen-bond acceptors (Lipinski definition) is 3. The lowest BCUT2D eigenvalue weighted by Crippen LogP contribution is -2.43. The lowest BCUT2D eigenvalue weighted by Gasteiger charge is -2.32. The Balaban J connectivity index is 2.01. The number of rotatable bonds is 2. The maximum atomic E-state index is 13.3. The SMILES string of the molecule is N#Cc1cccc(-n2ccc(C(F)(F)F)n2)c1C(=O)N1CCC(F)(F)CC1. The molecule has 5 nitrogen and oxygen atoms in total. The summed E-state index contributed by atoms with van der Waals surface area (Å²) in [5.74, 6) is -3.56. The van der Waals surface area contributed by atoms with Crippen LogP contribution >= 0.6 is 0 Å². The van der Waals surface area contributed by atoms with Gasteiger partial charge in [-0.3, -0.25) is 4.79 Å². The molecule has 1 aliphatic rings. The number of halogens is 5. The fraction of sp³-hybridized carbons (Fsp3) is 0.353. The Kier molecular flexibility index (Phi) is 4.63. The standard InChI is InChI=1S/C17H13F5N4O/c18-16(19)5-8-25(9-6-16)15(27)14-11(10-23)2-1-3-12(14)26-7-4-13(24-26)17(20,21)22/h1-4,7H,5-6,8-9H2. The highest BCUT2D eigenvalue weighted by atomic mass is 19.4. The second-order valence-electron chi connectivity index (χ2n) is 6.10. The van der Waals surface area contributed by atoms with Gasteiger partial charge in [-0.1, -0.05) is 6.07 Å². The highest BCUT2D eigenvalue weighted by Gasteiger charge is 2.37. The molecule has 2 aromatic rings. The Morgan fingerprint density at radius 1 is 1.19 bits per heavy atom. The van der Waals surface area contributed by atoms with Crippen LogP contribution in [0.15, 0.2) is 30.5 Å². The van der Waals surface area contributed by atoms with Crippen LogP contribution in [0.4, 0.5) is 22.0 Å². The topological polar surface area (TPSA) is 61.9 Å². The zero-order valence-electron chi connectivity index (χ0n) is 13.8. The average molecular weight is 384 g/mol. The smallest absolute Gasteiger partial charge is 0.338 e. The van der Waals surface area contributed by atoms with Crippen LogP contribution in [0.3, 0.4) is 0 Å². The van der Waals surface area contributed by atoms with Gasteiger partial charge in [0.15, 0.2) is 5.69 Å². The monoisotopic (exact) mass is 384 g/mol. The summed E-state index contributed by atoms with van der Waals surface area (Å²) in [6.45, 7) is -0.421. The van der Waals surface area contributed by atoms with Crippen molar-refractivity contribution >= 4 is 5.91 Å². The Morgan fingerprint density at radius 3 is 2.41 bits per heavy atom. The molecule has 3 rings (SSSR count). The van der Waals surface area contributed by atoms with Crippen molar-refractivity contribution < 1.29 is 26.7 Å². The highest BCUT2D eigenvalue weighted by molar-refractivity contribution is 6.00. The number of likely N-dealkylation sites (tertiary alicyclic amines) is 1. The first kappa shape index (κ1) is 18.8. The first-order valence-electron chi connectivity index (χ1n) is 7.96. The van der Waals surface area contributed by atoms with Crippen molar-refractivity contribution in [3.63, 3.8) is 0 Å². The molecular weight excluding hydrogens is 371 g/mol. The third kappa shape index (κ3) is 3.77. The molecule has 1 saturated heterocycles. The summed E-state index contributed by atoms with van der Waals surface area (Å²) >= 11 is 0. The van der Waals surface area contributed by atoms with Gasteiger partial charge >= 0.3 is 6.18 Å². The van der Waals surface area contributed by atoms with E-state index in [1.807, 2.05) is 6.07 Å². The first-order chi connectivity index (χ1) is 12.6. The van der Waals surface area contributed by atoms with E-state index in [2.05, 4.69) is 5.10 Å². The Morgan fingerprint density at radius 2 is 1.85 bits per heavy atom. The Labute approximate surface area is 150 Å². The van der Waals surface area contributed by atoms with E-state index in [1.165, 1.54) is 23.1 Å². The van der Waals surface area contributed by atoms with Gasteiger partial charge in [0.1, 0.15) is 6.07 Å². The third-order valence-corrected chi connectivity index (χ3v) is 4.29. The van der Waals surface area contributed by atoms with Crippen molar-refractivity contribution in [3.05, 3.63) is 47.3 Å². The van der Waals surface area contributed by atoms with Gasteiger partial charge in [0, 0.05) is 32.1 Å². The van der Waals surface area contributed by atoms with Crippen LogP contribution < -0.4 is 0 Å². The van der Waals surface area contributed by atoms with Gasteiger partial charge in [-0.2, -0.15) is 23.5 Å². The lowest BCUT2D eigenvalue weighted by atomic mass is 10.0. The molecule has 1 aromatic carbocycles. The van der Waals surface area contributed by atoms with Crippen molar-refractivity contribution in [2.24, 2.45) is 0 Å². The number of alkyl halides is 5. The van der Waals surface area contributed by atoms with Crippen LogP contribution in [0.1, 0.15) is 34.5 Å². The summed E-state index contributed by atoms with van der Waals surface area (Å²) in [6, 6.07) is 6.66. The zero-order valence-corrected chi connectivity index (χ0v) is 13.8. The molecule has 10 heteroatoms. The van der Waals surface area contributed by atoms with Crippen LogP contribution in [-0.4, -0.2) is 39.6 Å². The van der Waals surface area contributed by atoms with Crippen LogP contribution in [0.5, 0.6) is 0 Å². The van der Waals surface area contributed by atoms with Crippen LogP contribution in [0.25, 0.3) is 5.69 Å². The van der Waals surface area contributed by atoms with E-state index >= 15 is 0 Å². The second-order valence-corrected chi connectivity index (χ2v) is 6.10. The Bertz CT molecular complexity index is 903. The predicted molar refractivity (Wildman–Crippen MR) is 83.4 cm³/mol. The van der Waals surface area contributed by atoms with Crippen molar-refractivity contribution in [3.8, 4) is 11.8 Å². The van der Waals surface area contributed by atoms with Gasteiger partial charge in [0.2, 0.25) is 0 Å². The molecule has 1 aliphatic heterocycles. The normalized spacial score (nSPS) is 16.8. The van der Waals surface area contributed by atoms with E-state index in [9.17, 15) is 32.0 Å². The minimum atomic E-state index is -4.67. The average Bonchev–Trinajstić information content (AvgIpc) is 3.11. The van der Waals surface area contributed by atoms with Gasteiger partial charge in [-0.15, -0.1) is 0 Å². The summed E-state index contributed by atoms with van der Waals surface area (Å²) in [6.07, 6.45) is -4.66. The maximum absolute atomic E-state index is 13.3. The molecule has 0 aliphatic carbocycles. The van der Waals surface area contributed by atoms with Crippen LogP contribution in [0.2, 0.25) is 0 Å². The number of piperidine rings is 1. The number of aromatic nitrogens is 2. The van der Waals surface area contributed by atoms with Crippen molar-refractivity contribution in [1.82, 2.24) is 14.7 Å². The highest BCUT2D eigenvalue weighted by Crippen LogP contribution is 2.31. The maximum Gasteiger partial charge on any atom is 0.435 e. The number of benzene rings is 1. The number of amides is 1. The van der Waals surface area contributed by atoms with Crippen molar-refractivity contribution in [2.45, 2.75) is 24.9 Å². The molecule has 0 saturated carbocycles. The number of carbonyl (C=O) groups is 1. The van der Waals surface area contributed by atoms with Gasteiger partial charge in [0.05, 0.1) is 16.8 Å². The minimum absolute atomic E-state index is 0.0214. The summed E-state index contributed by atoms with van der Waals surface area (Å²) in [5.41, 5.74) is -1.41. The van der Waals surface area contributed by atoms with Gasteiger partial charge < -0.3 is 4.90 Å². The van der Waals surface area contributed by atoms with E-state index in [4.69, 9.17) is 0 Å². The van der Waals surface area contributed by atoms with Gasteiger partial charge in [0.25, 0.3) is 11.8 Å². The molecule has 27 heavy (non-hydrogen) atoms. The molecule has 0 atom stereocenters. The number of hydrogen-bond donors (Lipinski definition) is 0. The largest absolute Gasteiger partial charge is 0.435 e. The number of nitrogens with zero attached hydrogens (tertiary/aromatic N) is 4. The number of carbonyl (C=O) groups excluding carboxylic acids is 1. The molecule has 0 N–H and O–H groups in total. The fourth-order valence-corrected chi connectivity index (χ4v) is 2.85. The summed E-state index contributed by atoms with van der Waals surface area (Å²) in [7, 11) is 0. The quantitative estimate of drug-likeness (QED) is 0.743. The van der Waals surface area contributed by atoms with Crippen molar-refractivity contribution in [1.29, 1.82) is 5.26 Å². The second kappa shape index (κ2) is 6.64. The third-order valence-electron chi connectivity index (χ3n) is 4.29. The molecule has 1 aromatic heterocycles. The van der Waals surface area contributed by atoms with Crippen LogP contribution in [-0.2, 0) is 6.18 Å². The zero-order chi connectivity index (χ0) is 19.8. The molecule has 0 unspecified atom stereocenters. The molecule has 0 bridgehead atoms. The number of nitriles is 1. The molecule has 1 amide bonds. The van der Waals surface area contributed by atoms with E-state index in [0.717, 1.165) is 16.9 Å². The lowest BCUT2D eigenvalue weighted by molar-refractivity contribution is -0.141. The van der Waals surface area contributed by atoms with Gasteiger partial charge in [-0.25, -0.2) is 13.5 Å².